The lowest BCUT2D eigenvalue weighted by atomic mass is 10.1. The number of hydrogen-bond donors (Lipinski definition) is 2. The Morgan fingerprint density at radius 1 is 1.74 bits per heavy atom. The van der Waals surface area contributed by atoms with E-state index in [0.29, 0.717) is 31.0 Å². The molecule has 0 spiro atoms. The first-order valence-electron chi connectivity index (χ1n) is 5.74. The van der Waals surface area contributed by atoms with Crippen molar-refractivity contribution in [1.29, 1.82) is 5.26 Å². The average Bonchev–Trinajstić information content (AvgIpc) is 2.85. The first kappa shape index (κ1) is 13.4. The van der Waals surface area contributed by atoms with Crippen molar-refractivity contribution in [3.8, 4) is 6.07 Å². The predicted molar refractivity (Wildman–Crippen MR) is 68.1 cm³/mol. The standard InChI is InChI=1S/C11H12ClN5O2/c12-10-14-5-8(3-13)9(16-10)17-2-1-7(6-17)4-15-11(18)19/h5,7,15H,1-2,4,6H2,(H,18,19). The van der Waals surface area contributed by atoms with Gasteiger partial charge in [0.2, 0.25) is 5.28 Å². The largest absolute Gasteiger partial charge is 0.465 e. The van der Waals surface area contributed by atoms with E-state index in [1.54, 1.807) is 0 Å². The molecule has 0 saturated carbocycles. The zero-order valence-electron chi connectivity index (χ0n) is 10.0. The summed E-state index contributed by atoms with van der Waals surface area (Å²) in [6.45, 7) is 1.75. The fourth-order valence-corrected chi connectivity index (χ4v) is 2.22. The van der Waals surface area contributed by atoms with Crippen molar-refractivity contribution in [2.75, 3.05) is 24.5 Å². The second kappa shape index (κ2) is 5.71. The summed E-state index contributed by atoms with van der Waals surface area (Å²) in [6.07, 6.45) is 1.21. The quantitative estimate of drug-likeness (QED) is 0.804. The molecule has 2 N–H and O–H groups in total. The van der Waals surface area contributed by atoms with Gasteiger partial charge in [-0.05, 0) is 23.9 Å². The van der Waals surface area contributed by atoms with Gasteiger partial charge >= 0.3 is 6.09 Å². The summed E-state index contributed by atoms with van der Waals surface area (Å²) < 4.78 is 0. The van der Waals surface area contributed by atoms with Crippen molar-refractivity contribution in [3.63, 3.8) is 0 Å². The van der Waals surface area contributed by atoms with Crippen LogP contribution in [0.5, 0.6) is 0 Å². The van der Waals surface area contributed by atoms with E-state index < -0.39 is 6.09 Å². The van der Waals surface area contributed by atoms with Crippen LogP contribution in [0.4, 0.5) is 10.6 Å². The monoisotopic (exact) mass is 281 g/mol. The smallest absolute Gasteiger partial charge is 0.404 e. The maximum absolute atomic E-state index is 10.4. The van der Waals surface area contributed by atoms with E-state index >= 15 is 0 Å². The Labute approximate surface area is 114 Å². The predicted octanol–water partition coefficient (Wildman–Crippen LogP) is 1.10. The number of hydrogen-bond acceptors (Lipinski definition) is 5. The average molecular weight is 282 g/mol. The minimum atomic E-state index is -1.03. The number of nitrogens with one attached hydrogen (secondary N) is 1. The molecule has 1 amide bonds. The Morgan fingerprint density at radius 3 is 3.21 bits per heavy atom. The molecule has 1 aliphatic rings. The fourth-order valence-electron chi connectivity index (χ4n) is 2.10. The van der Waals surface area contributed by atoms with E-state index in [2.05, 4.69) is 15.3 Å². The van der Waals surface area contributed by atoms with Crippen molar-refractivity contribution in [3.05, 3.63) is 17.0 Å². The van der Waals surface area contributed by atoms with Crippen LogP contribution in [0.25, 0.3) is 0 Å². The molecule has 7 nitrogen and oxygen atoms in total. The zero-order valence-corrected chi connectivity index (χ0v) is 10.8. The second-order valence-corrected chi connectivity index (χ2v) is 4.61. The van der Waals surface area contributed by atoms with Gasteiger partial charge in [-0.2, -0.15) is 10.2 Å². The number of amides is 1. The molecule has 19 heavy (non-hydrogen) atoms. The number of carboxylic acid groups (broad SMARTS) is 1. The molecular formula is C11H12ClN5O2. The highest BCUT2D eigenvalue weighted by Gasteiger charge is 2.26. The molecule has 8 heteroatoms. The van der Waals surface area contributed by atoms with Crippen molar-refractivity contribution < 1.29 is 9.90 Å². The van der Waals surface area contributed by atoms with E-state index in [-0.39, 0.29) is 11.2 Å². The van der Waals surface area contributed by atoms with Gasteiger partial charge in [0.1, 0.15) is 11.6 Å². The summed E-state index contributed by atoms with van der Waals surface area (Å²) >= 11 is 5.74. The Kier molecular flexibility index (Phi) is 4.02. The second-order valence-electron chi connectivity index (χ2n) is 4.27. The molecule has 100 valence electrons. The van der Waals surface area contributed by atoms with Crippen LogP contribution in [0.3, 0.4) is 0 Å². The molecule has 0 aliphatic carbocycles. The lowest BCUT2D eigenvalue weighted by Gasteiger charge is -2.18. The van der Waals surface area contributed by atoms with Gasteiger partial charge in [-0.15, -0.1) is 0 Å². The van der Waals surface area contributed by atoms with E-state index in [9.17, 15) is 4.79 Å². The first-order chi connectivity index (χ1) is 9.10. The van der Waals surface area contributed by atoms with Crippen LogP contribution in [0.1, 0.15) is 12.0 Å². The Morgan fingerprint density at radius 2 is 2.53 bits per heavy atom. The fraction of sp³-hybridized carbons (Fsp3) is 0.455. The van der Waals surface area contributed by atoms with Gasteiger partial charge in [-0.25, -0.2) is 9.78 Å². The molecule has 2 rings (SSSR count). The van der Waals surface area contributed by atoms with Crippen LogP contribution < -0.4 is 10.2 Å². The minimum absolute atomic E-state index is 0.0983. The van der Waals surface area contributed by atoms with Gasteiger partial charge in [0.15, 0.2) is 5.82 Å². The van der Waals surface area contributed by atoms with Gasteiger partial charge in [0.25, 0.3) is 0 Å². The van der Waals surface area contributed by atoms with Crippen LogP contribution in [0.15, 0.2) is 6.20 Å². The minimum Gasteiger partial charge on any atom is -0.465 e. The molecule has 1 fully saturated rings. The number of nitriles is 1. The number of anilines is 1. The topological polar surface area (TPSA) is 102 Å². The molecule has 0 aromatic carbocycles. The van der Waals surface area contributed by atoms with Crippen LogP contribution in [0.2, 0.25) is 5.28 Å². The first-order valence-corrected chi connectivity index (χ1v) is 6.12. The van der Waals surface area contributed by atoms with E-state index in [0.717, 1.165) is 6.42 Å². The van der Waals surface area contributed by atoms with E-state index in [4.69, 9.17) is 22.0 Å². The molecule has 1 unspecified atom stereocenters. The van der Waals surface area contributed by atoms with Gasteiger partial charge in [-0.1, -0.05) is 0 Å². The van der Waals surface area contributed by atoms with Crippen molar-refractivity contribution in [2.24, 2.45) is 5.92 Å². The molecule has 0 radical (unpaired) electrons. The number of nitrogens with zero attached hydrogens (tertiary/aromatic N) is 4. The van der Waals surface area contributed by atoms with E-state index in [1.807, 2.05) is 11.0 Å². The molecule has 1 aromatic heterocycles. The van der Waals surface area contributed by atoms with Gasteiger partial charge in [0.05, 0.1) is 6.20 Å². The Balaban J connectivity index is 2.06. The third kappa shape index (κ3) is 3.23. The third-order valence-electron chi connectivity index (χ3n) is 2.99. The van der Waals surface area contributed by atoms with Crippen LogP contribution in [0, 0.1) is 17.2 Å². The van der Waals surface area contributed by atoms with Gasteiger partial charge < -0.3 is 15.3 Å². The van der Waals surface area contributed by atoms with Crippen LogP contribution >= 0.6 is 11.6 Å². The van der Waals surface area contributed by atoms with Gasteiger partial charge in [-0.3, -0.25) is 0 Å². The molecule has 2 heterocycles. The number of aromatic nitrogens is 2. The summed E-state index contributed by atoms with van der Waals surface area (Å²) in [4.78, 5) is 20.2. The highest BCUT2D eigenvalue weighted by Crippen LogP contribution is 2.25. The summed E-state index contributed by atoms with van der Waals surface area (Å²) in [5.41, 5.74) is 0.372. The summed E-state index contributed by atoms with van der Waals surface area (Å²) in [6, 6.07) is 2.03. The van der Waals surface area contributed by atoms with Crippen molar-refractivity contribution in [2.45, 2.75) is 6.42 Å². The normalized spacial score (nSPS) is 18.1. The van der Waals surface area contributed by atoms with Gasteiger partial charge in [0, 0.05) is 19.6 Å². The maximum atomic E-state index is 10.4. The Bertz CT molecular complexity index is 530. The molecule has 1 saturated heterocycles. The summed E-state index contributed by atoms with van der Waals surface area (Å²) in [5, 5.41) is 20.1. The number of halogens is 1. The highest BCUT2D eigenvalue weighted by atomic mass is 35.5. The van der Waals surface area contributed by atoms with Crippen molar-refractivity contribution >= 4 is 23.5 Å². The molecule has 1 aromatic rings. The van der Waals surface area contributed by atoms with Crippen LogP contribution in [-0.2, 0) is 0 Å². The Hall–Kier alpha value is -2.07. The number of carbonyl (C=O) groups is 1. The lowest BCUT2D eigenvalue weighted by molar-refractivity contribution is 0.192. The van der Waals surface area contributed by atoms with E-state index in [1.165, 1.54) is 6.20 Å². The SMILES string of the molecule is N#Cc1cnc(Cl)nc1N1CCC(CNC(=O)O)C1. The lowest BCUT2D eigenvalue weighted by Crippen LogP contribution is -2.30. The molecular weight excluding hydrogens is 270 g/mol. The molecule has 0 bridgehead atoms. The summed E-state index contributed by atoms with van der Waals surface area (Å²) in [5.74, 6) is 0.719. The third-order valence-corrected chi connectivity index (χ3v) is 3.17. The number of rotatable bonds is 3. The highest BCUT2D eigenvalue weighted by molar-refractivity contribution is 6.28. The maximum Gasteiger partial charge on any atom is 0.404 e. The zero-order chi connectivity index (χ0) is 13.8. The summed E-state index contributed by atoms with van der Waals surface area (Å²) in [7, 11) is 0. The van der Waals surface area contributed by atoms with Crippen molar-refractivity contribution in [1.82, 2.24) is 15.3 Å². The molecule has 1 atom stereocenters. The molecule has 1 aliphatic heterocycles. The van der Waals surface area contributed by atoms with Crippen LogP contribution in [-0.4, -0.2) is 40.8 Å².